The number of hydrogen-bond donors (Lipinski definition) is 0. The van der Waals surface area contributed by atoms with Crippen LogP contribution in [0.1, 0.15) is 25.0 Å². The summed E-state index contributed by atoms with van der Waals surface area (Å²) in [6.45, 7) is 4.69. The average Bonchev–Trinajstić information content (AvgIpc) is 3.70. The molecule has 8 aromatic carbocycles. The van der Waals surface area contributed by atoms with E-state index in [9.17, 15) is 0 Å². The van der Waals surface area contributed by atoms with Gasteiger partial charge < -0.3 is 9.32 Å². The molecule has 0 bridgehead atoms. The molecule has 0 atom stereocenters. The maximum absolute atomic E-state index is 6.39. The standard InChI is InChI=1S/C51H37NO/c1-51(2)47-19-11-9-17-41(47)42-30-29-40(31-48(42)51)52(38-25-21-35(22-26-38)34-13-5-3-6-14-34)39-27-23-37(24-28-39)45-33-50-46(43-18-10-12-20-49(43)53-50)32-44(45)36-15-7-4-8-16-36/h3-33H,1-2H3. The fourth-order valence-corrected chi connectivity index (χ4v) is 8.37. The predicted octanol–water partition coefficient (Wildman–Crippen LogP) is 14.4. The molecule has 0 amide bonds. The van der Waals surface area contributed by atoms with Crippen LogP contribution in [0.5, 0.6) is 0 Å². The normalized spacial score (nSPS) is 12.9. The Morgan fingerprint density at radius 3 is 1.62 bits per heavy atom. The van der Waals surface area contributed by atoms with Crippen LogP contribution in [0, 0.1) is 0 Å². The van der Waals surface area contributed by atoms with E-state index in [0.29, 0.717) is 0 Å². The van der Waals surface area contributed by atoms with Crippen molar-refractivity contribution >= 4 is 39.0 Å². The molecule has 0 fully saturated rings. The lowest BCUT2D eigenvalue weighted by Crippen LogP contribution is -2.16. The van der Waals surface area contributed by atoms with E-state index < -0.39 is 0 Å². The smallest absolute Gasteiger partial charge is 0.136 e. The summed E-state index contributed by atoms with van der Waals surface area (Å²) < 4.78 is 6.39. The average molecular weight is 680 g/mol. The number of nitrogens with zero attached hydrogens (tertiary/aromatic N) is 1. The number of rotatable bonds is 6. The third-order valence-electron chi connectivity index (χ3n) is 11.1. The van der Waals surface area contributed by atoms with E-state index in [1.54, 1.807) is 0 Å². The number of anilines is 3. The fourth-order valence-electron chi connectivity index (χ4n) is 8.37. The van der Waals surface area contributed by atoms with Gasteiger partial charge in [0.05, 0.1) is 0 Å². The van der Waals surface area contributed by atoms with E-state index in [2.05, 4.69) is 195 Å². The Hall–Kier alpha value is -6.64. The topological polar surface area (TPSA) is 16.4 Å². The van der Waals surface area contributed by atoms with E-state index in [0.717, 1.165) is 50.1 Å². The zero-order chi connectivity index (χ0) is 35.5. The van der Waals surface area contributed by atoms with Crippen LogP contribution in [0.25, 0.3) is 66.4 Å². The molecular formula is C51H37NO. The van der Waals surface area contributed by atoms with Gasteiger partial charge in [-0.25, -0.2) is 0 Å². The van der Waals surface area contributed by atoms with Crippen molar-refractivity contribution in [2.45, 2.75) is 19.3 Å². The van der Waals surface area contributed by atoms with Gasteiger partial charge in [-0.1, -0.05) is 147 Å². The lowest BCUT2D eigenvalue weighted by atomic mass is 9.82. The first kappa shape index (κ1) is 31.1. The maximum Gasteiger partial charge on any atom is 0.136 e. The zero-order valence-electron chi connectivity index (χ0n) is 29.8. The highest BCUT2D eigenvalue weighted by Gasteiger charge is 2.35. The first-order valence-corrected chi connectivity index (χ1v) is 18.3. The number of hydrogen-bond acceptors (Lipinski definition) is 2. The van der Waals surface area contributed by atoms with Crippen molar-refractivity contribution in [2.75, 3.05) is 4.90 Å². The minimum Gasteiger partial charge on any atom is -0.456 e. The Labute approximate surface area is 310 Å². The Kier molecular flexibility index (Phi) is 7.19. The van der Waals surface area contributed by atoms with Crippen molar-refractivity contribution in [3.05, 3.63) is 199 Å². The molecule has 2 nitrogen and oxygen atoms in total. The molecule has 0 saturated heterocycles. The summed E-state index contributed by atoms with van der Waals surface area (Å²) in [5, 5.41) is 2.27. The summed E-state index contributed by atoms with van der Waals surface area (Å²) >= 11 is 0. The van der Waals surface area contributed by atoms with Gasteiger partial charge >= 0.3 is 0 Å². The van der Waals surface area contributed by atoms with Crippen LogP contribution in [0.15, 0.2) is 192 Å². The minimum atomic E-state index is -0.0994. The van der Waals surface area contributed by atoms with Gasteiger partial charge in [0, 0.05) is 33.2 Å². The van der Waals surface area contributed by atoms with Gasteiger partial charge in [-0.05, 0) is 110 Å². The van der Waals surface area contributed by atoms with E-state index in [-0.39, 0.29) is 5.41 Å². The molecule has 1 aromatic heterocycles. The molecule has 0 N–H and O–H groups in total. The third kappa shape index (κ3) is 5.18. The summed E-state index contributed by atoms with van der Waals surface area (Å²) in [6, 6.07) is 67.9. The number of fused-ring (bicyclic) bond motifs is 6. The summed E-state index contributed by atoms with van der Waals surface area (Å²) in [5.74, 6) is 0. The molecule has 2 heteroatoms. The van der Waals surface area contributed by atoms with Gasteiger partial charge in [0.1, 0.15) is 11.2 Å². The van der Waals surface area contributed by atoms with Crippen LogP contribution in [0.2, 0.25) is 0 Å². The summed E-state index contributed by atoms with van der Waals surface area (Å²) in [6.07, 6.45) is 0. The Morgan fingerprint density at radius 1 is 0.358 bits per heavy atom. The first-order valence-electron chi connectivity index (χ1n) is 18.3. The zero-order valence-corrected chi connectivity index (χ0v) is 29.8. The molecule has 0 radical (unpaired) electrons. The van der Waals surface area contributed by atoms with Crippen molar-refractivity contribution in [1.29, 1.82) is 0 Å². The second kappa shape index (κ2) is 12.3. The van der Waals surface area contributed by atoms with Crippen molar-refractivity contribution in [2.24, 2.45) is 0 Å². The predicted molar refractivity (Wildman–Crippen MR) is 222 cm³/mol. The molecule has 1 aliphatic rings. The van der Waals surface area contributed by atoms with Crippen LogP contribution >= 0.6 is 0 Å². The summed E-state index contributed by atoms with van der Waals surface area (Å²) in [7, 11) is 0. The Balaban J connectivity index is 1.11. The van der Waals surface area contributed by atoms with Crippen LogP contribution in [-0.4, -0.2) is 0 Å². The first-order chi connectivity index (χ1) is 26.0. The Morgan fingerprint density at radius 2 is 0.887 bits per heavy atom. The Bertz CT molecular complexity index is 2780. The van der Waals surface area contributed by atoms with Crippen molar-refractivity contribution in [1.82, 2.24) is 0 Å². The molecule has 0 unspecified atom stereocenters. The number of furan rings is 1. The van der Waals surface area contributed by atoms with Crippen molar-refractivity contribution in [3.63, 3.8) is 0 Å². The van der Waals surface area contributed by atoms with Gasteiger partial charge in [0.15, 0.2) is 0 Å². The van der Waals surface area contributed by atoms with Crippen LogP contribution in [-0.2, 0) is 5.41 Å². The highest BCUT2D eigenvalue weighted by molar-refractivity contribution is 6.09. The molecule has 252 valence electrons. The van der Waals surface area contributed by atoms with E-state index >= 15 is 0 Å². The van der Waals surface area contributed by atoms with Crippen LogP contribution in [0.4, 0.5) is 17.1 Å². The van der Waals surface area contributed by atoms with E-state index in [1.807, 2.05) is 12.1 Å². The monoisotopic (exact) mass is 679 g/mol. The maximum atomic E-state index is 6.39. The molecule has 0 saturated carbocycles. The van der Waals surface area contributed by atoms with Gasteiger partial charge in [0.25, 0.3) is 0 Å². The molecule has 1 aliphatic carbocycles. The van der Waals surface area contributed by atoms with Crippen LogP contribution < -0.4 is 4.90 Å². The molecule has 53 heavy (non-hydrogen) atoms. The highest BCUT2D eigenvalue weighted by Crippen LogP contribution is 2.51. The minimum absolute atomic E-state index is 0.0994. The molecular weight excluding hydrogens is 643 g/mol. The van der Waals surface area contributed by atoms with Crippen LogP contribution in [0.3, 0.4) is 0 Å². The summed E-state index contributed by atoms with van der Waals surface area (Å²) in [5.41, 5.74) is 17.5. The largest absolute Gasteiger partial charge is 0.456 e. The van der Waals surface area contributed by atoms with Gasteiger partial charge in [-0.2, -0.15) is 0 Å². The SMILES string of the molecule is CC1(C)c2ccccc2-c2ccc(N(c3ccc(-c4ccccc4)cc3)c3ccc(-c4cc5oc6ccccc6c5cc4-c4ccccc4)cc3)cc21. The van der Waals surface area contributed by atoms with Gasteiger partial charge in [-0.15, -0.1) is 0 Å². The molecule has 0 aliphatic heterocycles. The van der Waals surface area contributed by atoms with Crippen molar-refractivity contribution in [3.8, 4) is 44.5 Å². The van der Waals surface area contributed by atoms with Gasteiger partial charge in [0.2, 0.25) is 0 Å². The molecule has 10 rings (SSSR count). The number of para-hydroxylation sites is 1. The number of benzene rings is 8. The quantitative estimate of drug-likeness (QED) is 0.174. The van der Waals surface area contributed by atoms with Gasteiger partial charge in [-0.3, -0.25) is 0 Å². The fraction of sp³-hybridized carbons (Fsp3) is 0.0588. The van der Waals surface area contributed by atoms with Crippen molar-refractivity contribution < 1.29 is 4.42 Å². The lowest BCUT2D eigenvalue weighted by Gasteiger charge is -2.28. The third-order valence-corrected chi connectivity index (χ3v) is 11.1. The second-order valence-corrected chi connectivity index (χ2v) is 14.6. The summed E-state index contributed by atoms with van der Waals surface area (Å²) in [4.78, 5) is 2.39. The van der Waals surface area contributed by atoms with E-state index in [4.69, 9.17) is 4.42 Å². The molecule has 1 heterocycles. The molecule has 0 spiro atoms. The van der Waals surface area contributed by atoms with E-state index in [1.165, 1.54) is 44.5 Å². The second-order valence-electron chi connectivity index (χ2n) is 14.6. The highest BCUT2D eigenvalue weighted by atomic mass is 16.3. The molecule has 9 aromatic rings. The lowest BCUT2D eigenvalue weighted by molar-refractivity contribution is 0.660.